The number of allylic oxidation sites excluding steroid dienone is 1. The van der Waals surface area contributed by atoms with E-state index in [2.05, 4.69) is 13.2 Å². The van der Waals surface area contributed by atoms with Crippen molar-refractivity contribution in [3.63, 3.8) is 0 Å². The molecule has 0 saturated carbocycles. The normalized spacial score (nSPS) is 28.6. The zero-order chi connectivity index (χ0) is 25.0. The van der Waals surface area contributed by atoms with Gasteiger partial charge in [0, 0.05) is 19.6 Å². The van der Waals surface area contributed by atoms with Gasteiger partial charge in [0.05, 0.1) is 31.2 Å². The lowest BCUT2D eigenvalue weighted by molar-refractivity contribution is -0.155. The van der Waals surface area contributed by atoms with Crippen molar-refractivity contribution < 1.29 is 29.0 Å². The number of benzene rings is 1. The van der Waals surface area contributed by atoms with Gasteiger partial charge in [-0.1, -0.05) is 42.5 Å². The molecule has 0 radical (unpaired) electrons. The number of amides is 2. The second kappa shape index (κ2) is 10.7. The Labute approximate surface area is 206 Å². The van der Waals surface area contributed by atoms with Crippen LogP contribution in [0.3, 0.4) is 0 Å². The van der Waals surface area contributed by atoms with E-state index in [1.54, 1.807) is 17.1 Å². The summed E-state index contributed by atoms with van der Waals surface area (Å²) in [5.74, 6) is -2.59. The lowest BCUT2D eigenvalue weighted by Crippen LogP contribution is -2.56. The molecule has 2 unspecified atom stereocenters. The molecule has 1 aromatic carbocycles. The van der Waals surface area contributed by atoms with Crippen LogP contribution in [-0.2, 0) is 30.4 Å². The van der Waals surface area contributed by atoms with Gasteiger partial charge in [-0.2, -0.15) is 0 Å². The third-order valence-electron chi connectivity index (χ3n) is 7.32. The third kappa shape index (κ3) is 4.52. The van der Waals surface area contributed by atoms with E-state index in [4.69, 9.17) is 9.47 Å². The van der Waals surface area contributed by atoms with Gasteiger partial charge in [-0.3, -0.25) is 14.4 Å². The smallest absolute Gasteiger partial charge is 0.312 e. The summed E-state index contributed by atoms with van der Waals surface area (Å²) in [4.78, 5) is 43.8. The highest BCUT2D eigenvalue weighted by Crippen LogP contribution is 2.58. The molecule has 2 amide bonds. The van der Waals surface area contributed by atoms with Crippen molar-refractivity contribution in [2.75, 3.05) is 26.3 Å². The van der Waals surface area contributed by atoms with Crippen LogP contribution in [0.2, 0.25) is 0 Å². The minimum Gasteiger partial charge on any atom is -0.465 e. The first-order valence-electron chi connectivity index (χ1n) is 12.3. The summed E-state index contributed by atoms with van der Waals surface area (Å²) < 4.78 is 11.9. The zero-order valence-corrected chi connectivity index (χ0v) is 20.0. The summed E-state index contributed by atoms with van der Waals surface area (Å²) in [6, 6.07) is 8.68. The monoisotopic (exact) mass is 482 g/mol. The van der Waals surface area contributed by atoms with E-state index in [9.17, 15) is 19.5 Å². The molecule has 1 aromatic rings. The van der Waals surface area contributed by atoms with Gasteiger partial charge in [0.25, 0.3) is 0 Å². The van der Waals surface area contributed by atoms with Crippen molar-refractivity contribution in [3.05, 3.63) is 61.2 Å². The molecule has 188 valence electrons. The lowest BCUT2D eigenvalue weighted by Gasteiger charge is -2.36. The number of aliphatic hydroxyl groups is 1. The number of rotatable bonds is 12. The maximum absolute atomic E-state index is 14.0. The third-order valence-corrected chi connectivity index (χ3v) is 7.32. The molecule has 0 aromatic heterocycles. The number of β-amino-alcohol motifs (C(OH)–C–C–N with tert-alkyl or cyclic N) is 1. The van der Waals surface area contributed by atoms with Crippen LogP contribution in [0.1, 0.15) is 31.2 Å². The molecule has 0 aliphatic carbocycles. The highest BCUT2D eigenvalue weighted by molar-refractivity contribution is 5.98. The van der Waals surface area contributed by atoms with Crippen molar-refractivity contribution in [1.29, 1.82) is 0 Å². The Morgan fingerprint density at radius 1 is 1.26 bits per heavy atom. The van der Waals surface area contributed by atoms with E-state index in [0.29, 0.717) is 32.4 Å². The molecule has 8 heteroatoms. The summed E-state index contributed by atoms with van der Waals surface area (Å²) in [6.07, 6.45) is 5.42. The molecular formula is C27H34N2O6. The second-order valence-corrected chi connectivity index (χ2v) is 9.40. The molecule has 3 fully saturated rings. The van der Waals surface area contributed by atoms with Crippen molar-refractivity contribution in [1.82, 2.24) is 9.80 Å². The molecule has 4 rings (SSSR count). The number of carbonyl (C=O) groups is 3. The van der Waals surface area contributed by atoms with Crippen LogP contribution in [0, 0.1) is 11.8 Å². The molecule has 3 saturated heterocycles. The first-order valence-corrected chi connectivity index (χ1v) is 12.3. The number of fused-ring (bicyclic) bond motifs is 1. The highest BCUT2D eigenvalue weighted by atomic mass is 16.6. The lowest BCUT2D eigenvalue weighted by atomic mass is 9.70. The largest absolute Gasteiger partial charge is 0.465 e. The number of likely N-dealkylation sites (tertiary alicyclic amines) is 1. The van der Waals surface area contributed by atoms with Crippen LogP contribution in [0.25, 0.3) is 0 Å². The molecule has 3 aliphatic heterocycles. The van der Waals surface area contributed by atoms with Crippen LogP contribution in [-0.4, -0.2) is 76.7 Å². The maximum atomic E-state index is 14.0. The fourth-order valence-electron chi connectivity index (χ4n) is 5.91. The van der Waals surface area contributed by atoms with Crippen LogP contribution < -0.4 is 0 Å². The Bertz CT molecular complexity index is 966. The van der Waals surface area contributed by atoms with E-state index >= 15 is 0 Å². The van der Waals surface area contributed by atoms with Crippen LogP contribution in [0.4, 0.5) is 0 Å². The molecule has 1 N–H and O–H groups in total. The summed E-state index contributed by atoms with van der Waals surface area (Å²) in [5.41, 5.74) is -0.151. The predicted molar refractivity (Wildman–Crippen MR) is 129 cm³/mol. The standard InChI is InChI=1S/C27H34N2O6/c1-3-5-9-17-34-26(33)21-20-12-13-27(35-20)22(21)24(31)29(15-16-30)23(27)25(32)28(14-4-2)18-19-10-7-6-8-11-19/h3-4,6-8,10-11,20-23,30H,1-2,5,9,12-18H2/t20-,21+,22+,23?,27?/m1/s1. The van der Waals surface area contributed by atoms with Gasteiger partial charge in [0.15, 0.2) is 0 Å². The van der Waals surface area contributed by atoms with Gasteiger partial charge >= 0.3 is 5.97 Å². The number of esters is 1. The first kappa shape index (κ1) is 25.1. The van der Waals surface area contributed by atoms with Crippen LogP contribution >= 0.6 is 0 Å². The van der Waals surface area contributed by atoms with Crippen molar-refractivity contribution >= 4 is 17.8 Å². The molecule has 1 spiro atoms. The molecular weight excluding hydrogens is 448 g/mol. The molecule has 8 nitrogen and oxygen atoms in total. The Balaban J connectivity index is 1.62. The second-order valence-electron chi connectivity index (χ2n) is 9.40. The van der Waals surface area contributed by atoms with Gasteiger partial charge in [-0.15, -0.1) is 13.2 Å². The van der Waals surface area contributed by atoms with Gasteiger partial charge in [0.2, 0.25) is 11.8 Å². The highest BCUT2D eigenvalue weighted by Gasteiger charge is 2.75. The van der Waals surface area contributed by atoms with Gasteiger partial charge in [-0.25, -0.2) is 0 Å². The number of hydrogen-bond donors (Lipinski definition) is 1. The number of carbonyl (C=O) groups excluding carboxylic acids is 3. The molecule has 2 bridgehead atoms. The zero-order valence-electron chi connectivity index (χ0n) is 20.0. The van der Waals surface area contributed by atoms with Gasteiger partial charge in [-0.05, 0) is 31.2 Å². The Hall–Kier alpha value is -2.97. The Kier molecular flexibility index (Phi) is 7.72. The van der Waals surface area contributed by atoms with Crippen LogP contribution in [0.5, 0.6) is 0 Å². The van der Waals surface area contributed by atoms with Crippen molar-refractivity contribution in [2.45, 2.75) is 50.0 Å². The average molecular weight is 483 g/mol. The minimum atomic E-state index is -1.10. The average Bonchev–Trinajstić information content (AvgIpc) is 3.50. The fraction of sp³-hybridized carbons (Fsp3) is 0.519. The Morgan fingerprint density at radius 2 is 2.03 bits per heavy atom. The van der Waals surface area contributed by atoms with E-state index in [1.807, 2.05) is 30.3 Å². The topological polar surface area (TPSA) is 96.4 Å². The minimum absolute atomic E-state index is 0.00408. The Morgan fingerprint density at radius 3 is 2.71 bits per heavy atom. The molecule has 3 heterocycles. The number of hydrogen-bond acceptors (Lipinski definition) is 6. The van der Waals surface area contributed by atoms with Gasteiger partial charge in [0.1, 0.15) is 11.6 Å². The number of ether oxygens (including phenoxy) is 2. The maximum Gasteiger partial charge on any atom is 0.312 e. The molecule has 5 atom stereocenters. The summed E-state index contributed by atoms with van der Waals surface area (Å²) >= 11 is 0. The molecule has 3 aliphatic rings. The van der Waals surface area contributed by atoms with Crippen molar-refractivity contribution in [3.8, 4) is 0 Å². The van der Waals surface area contributed by atoms with Gasteiger partial charge < -0.3 is 24.4 Å². The summed E-state index contributed by atoms with van der Waals surface area (Å²) in [7, 11) is 0. The SMILES string of the molecule is C=CCCCOC(=O)[C@@H]1[C@H]2C(=O)N(CCO)C(C(=O)N(CC=C)Cc3ccccc3)C23CC[C@H]1O3. The van der Waals surface area contributed by atoms with E-state index < -0.39 is 35.6 Å². The molecule has 35 heavy (non-hydrogen) atoms. The summed E-state index contributed by atoms with van der Waals surface area (Å²) in [6.45, 7) is 8.06. The number of unbranched alkanes of at least 4 members (excludes halogenated alkanes) is 1. The predicted octanol–water partition coefficient (Wildman–Crippen LogP) is 2.08. The van der Waals surface area contributed by atoms with E-state index in [-0.39, 0.29) is 31.6 Å². The fourth-order valence-corrected chi connectivity index (χ4v) is 5.91. The first-order chi connectivity index (χ1) is 17.0. The number of aliphatic hydroxyl groups excluding tert-OH is 1. The van der Waals surface area contributed by atoms with E-state index in [1.165, 1.54) is 4.90 Å². The van der Waals surface area contributed by atoms with E-state index in [0.717, 1.165) is 12.0 Å². The van der Waals surface area contributed by atoms with Crippen molar-refractivity contribution in [2.24, 2.45) is 11.8 Å². The van der Waals surface area contributed by atoms with Crippen LogP contribution in [0.15, 0.2) is 55.6 Å². The summed E-state index contributed by atoms with van der Waals surface area (Å²) in [5, 5.41) is 9.72. The number of nitrogens with zero attached hydrogens (tertiary/aromatic N) is 2. The quantitative estimate of drug-likeness (QED) is 0.278.